The van der Waals surface area contributed by atoms with Gasteiger partial charge >= 0.3 is 0 Å². The van der Waals surface area contributed by atoms with Crippen LogP contribution in [0.1, 0.15) is 15.9 Å². The van der Waals surface area contributed by atoms with Gasteiger partial charge in [-0.2, -0.15) is 0 Å². The Bertz CT molecular complexity index is 759. The maximum absolute atomic E-state index is 12.5. The van der Waals surface area contributed by atoms with Crippen molar-refractivity contribution in [2.75, 3.05) is 5.73 Å². The molecule has 3 nitrogen and oxygen atoms in total. The van der Waals surface area contributed by atoms with E-state index in [0.717, 1.165) is 9.86 Å². The molecule has 0 saturated carbocycles. The summed E-state index contributed by atoms with van der Waals surface area (Å²) in [5.74, 6) is 0.0315. The number of fused-ring (bicyclic) bond motifs is 1. The molecule has 4 heteroatoms. The van der Waals surface area contributed by atoms with Crippen LogP contribution in [0.15, 0.2) is 57.4 Å². The minimum Gasteiger partial charge on any atom is -0.440 e. The Hall–Kier alpha value is -2.07. The Kier molecular flexibility index (Phi) is 2.87. The average molecular weight is 316 g/mol. The van der Waals surface area contributed by atoms with E-state index in [1.165, 1.54) is 0 Å². The lowest BCUT2D eigenvalue weighted by molar-refractivity contribution is 0.104. The summed E-state index contributed by atoms with van der Waals surface area (Å²) in [6.45, 7) is 0. The second-order valence-electron chi connectivity index (χ2n) is 4.17. The highest BCUT2D eigenvalue weighted by atomic mass is 79.9. The number of nitrogen functional groups attached to an aromatic ring is 1. The number of hydrogen-bond donors (Lipinski definition) is 1. The van der Waals surface area contributed by atoms with Crippen LogP contribution in [-0.4, -0.2) is 5.78 Å². The van der Waals surface area contributed by atoms with Crippen LogP contribution < -0.4 is 5.73 Å². The lowest BCUT2D eigenvalue weighted by Gasteiger charge is -2.00. The molecule has 1 heterocycles. The molecule has 2 N–H and O–H groups in total. The third kappa shape index (κ3) is 2.04. The van der Waals surface area contributed by atoms with E-state index in [0.29, 0.717) is 16.7 Å². The lowest BCUT2D eigenvalue weighted by Crippen LogP contribution is -2.03. The van der Waals surface area contributed by atoms with Gasteiger partial charge in [-0.3, -0.25) is 4.79 Å². The third-order valence-corrected chi connectivity index (χ3v) is 3.48. The van der Waals surface area contributed by atoms with Crippen LogP contribution in [0.25, 0.3) is 11.0 Å². The van der Waals surface area contributed by atoms with E-state index < -0.39 is 0 Å². The van der Waals surface area contributed by atoms with E-state index in [2.05, 4.69) is 15.9 Å². The lowest BCUT2D eigenvalue weighted by atomic mass is 10.0. The van der Waals surface area contributed by atoms with Gasteiger partial charge in [0.1, 0.15) is 5.58 Å². The van der Waals surface area contributed by atoms with E-state index in [1.807, 2.05) is 30.3 Å². The van der Waals surface area contributed by atoms with Crippen LogP contribution in [0.4, 0.5) is 5.88 Å². The van der Waals surface area contributed by atoms with Gasteiger partial charge in [0.05, 0.1) is 5.56 Å². The Labute approximate surface area is 118 Å². The largest absolute Gasteiger partial charge is 0.440 e. The maximum atomic E-state index is 12.5. The van der Waals surface area contributed by atoms with E-state index in [-0.39, 0.29) is 11.7 Å². The van der Waals surface area contributed by atoms with Gasteiger partial charge in [0.15, 0.2) is 5.78 Å². The highest BCUT2D eigenvalue weighted by Gasteiger charge is 2.19. The number of para-hydroxylation sites is 1. The first kappa shape index (κ1) is 12.0. The van der Waals surface area contributed by atoms with Crippen molar-refractivity contribution in [1.29, 1.82) is 0 Å². The topological polar surface area (TPSA) is 56.2 Å². The number of carbonyl (C=O) groups excluding carboxylic acids is 1. The normalized spacial score (nSPS) is 10.8. The fraction of sp³-hybridized carbons (Fsp3) is 0. The Morgan fingerprint density at radius 3 is 2.47 bits per heavy atom. The van der Waals surface area contributed by atoms with E-state index >= 15 is 0 Å². The first-order valence-electron chi connectivity index (χ1n) is 5.74. The molecule has 0 fully saturated rings. The molecule has 0 bridgehead atoms. The van der Waals surface area contributed by atoms with Crippen molar-refractivity contribution in [2.24, 2.45) is 0 Å². The number of furan rings is 1. The van der Waals surface area contributed by atoms with Gasteiger partial charge in [-0.15, -0.1) is 0 Å². The van der Waals surface area contributed by atoms with Crippen molar-refractivity contribution in [3.05, 3.63) is 64.1 Å². The Morgan fingerprint density at radius 1 is 1.05 bits per heavy atom. The molecule has 0 aliphatic heterocycles. The smallest absolute Gasteiger partial charge is 0.202 e. The summed E-state index contributed by atoms with van der Waals surface area (Å²) in [5, 5.41) is 0.743. The summed E-state index contributed by atoms with van der Waals surface area (Å²) < 4.78 is 6.34. The summed E-state index contributed by atoms with van der Waals surface area (Å²) in [4.78, 5) is 12.5. The van der Waals surface area contributed by atoms with Gasteiger partial charge in [-0.25, -0.2) is 0 Å². The van der Waals surface area contributed by atoms with Crippen LogP contribution in [-0.2, 0) is 0 Å². The van der Waals surface area contributed by atoms with E-state index in [1.54, 1.807) is 18.2 Å². The van der Waals surface area contributed by atoms with Crippen LogP contribution >= 0.6 is 15.9 Å². The zero-order valence-corrected chi connectivity index (χ0v) is 11.5. The molecule has 2 aromatic carbocycles. The molecule has 0 radical (unpaired) electrons. The molecule has 19 heavy (non-hydrogen) atoms. The summed E-state index contributed by atoms with van der Waals surface area (Å²) >= 11 is 3.34. The van der Waals surface area contributed by atoms with E-state index in [4.69, 9.17) is 10.2 Å². The molecule has 3 aromatic rings. The molecule has 1 aromatic heterocycles. The maximum Gasteiger partial charge on any atom is 0.202 e. The number of rotatable bonds is 2. The quantitative estimate of drug-likeness (QED) is 0.727. The van der Waals surface area contributed by atoms with Crippen molar-refractivity contribution in [1.82, 2.24) is 0 Å². The van der Waals surface area contributed by atoms with Gasteiger partial charge < -0.3 is 10.2 Å². The van der Waals surface area contributed by atoms with Gasteiger partial charge in [-0.05, 0) is 30.3 Å². The van der Waals surface area contributed by atoms with Crippen LogP contribution in [0, 0.1) is 0 Å². The first-order valence-corrected chi connectivity index (χ1v) is 6.53. The zero-order chi connectivity index (χ0) is 13.4. The van der Waals surface area contributed by atoms with Crippen molar-refractivity contribution in [3.8, 4) is 0 Å². The van der Waals surface area contributed by atoms with Crippen LogP contribution in [0.2, 0.25) is 0 Å². The fourth-order valence-electron chi connectivity index (χ4n) is 2.04. The van der Waals surface area contributed by atoms with Crippen molar-refractivity contribution in [2.45, 2.75) is 0 Å². The molecule has 94 valence electrons. The molecular formula is C15H10BrNO2. The predicted molar refractivity (Wildman–Crippen MR) is 78.2 cm³/mol. The molecule has 0 aliphatic carbocycles. The van der Waals surface area contributed by atoms with Gasteiger partial charge in [0, 0.05) is 15.4 Å². The number of hydrogen-bond acceptors (Lipinski definition) is 3. The summed E-state index contributed by atoms with van der Waals surface area (Å²) in [6.07, 6.45) is 0. The van der Waals surface area contributed by atoms with Crippen molar-refractivity contribution < 1.29 is 9.21 Å². The monoisotopic (exact) mass is 315 g/mol. The summed E-state index contributed by atoms with van der Waals surface area (Å²) in [7, 11) is 0. The number of benzene rings is 2. The molecule has 3 rings (SSSR count). The number of nitrogens with two attached hydrogens (primary N) is 1. The van der Waals surface area contributed by atoms with Gasteiger partial charge in [0.25, 0.3) is 0 Å². The second kappa shape index (κ2) is 4.55. The molecular weight excluding hydrogens is 306 g/mol. The molecule has 0 amide bonds. The van der Waals surface area contributed by atoms with Crippen LogP contribution in [0.5, 0.6) is 0 Å². The molecule has 0 spiro atoms. The van der Waals surface area contributed by atoms with E-state index in [9.17, 15) is 4.79 Å². The predicted octanol–water partition coefficient (Wildman–Crippen LogP) is 4.01. The number of ketones is 1. The first-order chi connectivity index (χ1) is 9.16. The number of carbonyl (C=O) groups is 1. The fourth-order valence-corrected chi connectivity index (χ4v) is 2.31. The van der Waals surface area contributed by atoms with Gasteiger partial charge in [0.2, 0.25) is 5.88 Å². The highest BCUT2D eigenvalue weighted by Crippen LogP contribution is 2.29. The average Bonchev–Trinajstić information content (AvgIpc) is 2.74. The Balaban J connectivity index is 2.16. The second-order valence-corrected chi connectivity index (χ2v) is 5.09. The molecule has 0 unspecified atom stereocenters. The minimum atomic E-state index is -0.130. The Morgan fingerprint density at radius 2 is 1.74 bits per heavy atom. The van der Waals surface area contributed by atoms with Crippen molar-refractivity contribution >= 4 is 38.6 Å². The summed E-state index contributed by atoms with van der Waals surface area (Å²) in [5.41, 5.74) is 7.46. The number of anilines is 1. The number of halogens is 1. The van der Waals surface area contributed by atoms with Gasteiger partial charge in [-0.1, -0.05) is 34.1 Å². The third-order valence-electron chi connectivity index (χ3n) is 2.96. The zero-order valence-electron chi connectivity index (χ0n) is 9.89. The highest BCUT2D eigenvalue weighted by molar-refractivity contribution is 9.10. The standard InChI is InChI=1S/C15H10BrNO2/c16-10-7-5-9(6-8-10)14(18)13-11-3-1-2-4-12(11)19-15(13)17/h1-8H,17H2. The minimum absolute atomic E-state index is 0.130. The SMILES string of the molecule is Nc1oc2ccccc2c1C(=O)c1ccc(Br)cc1. The molecule has 0 saturated heterocycles. The van der Waals surface area contributed by atoms with Crippen molar-refractivity contribution in [3.63, 3.8) is 0 Å². The molecule has 0 aliphatic rings. The summed E-state index contributed by atoms with van der Waals surface area (Å²) in [6, 6.07) is 14.5. The van der Waals surface area contributed by atoms with Crippen LogP contribution in [0.3, 0.4) is 0 Å². The molecule has 0 atom stereocenters.